The average molecular weight is 182 g/mol. The molecule has 0 amide bonds. The van der Waals surface area contributed by atoms with Crippen LogP contribution in [0.25, 0.3) is 0 Å². The summed E-state index contributed by atoms with van der Waals surface area (Å²) in [5, 5.41) is 0. The second-order valence-electron chi connectivity index (χ2n) is 3.38. The fraction of sp³-hybridized carbons (Fsp3) is 0.455. The normalized spacial score (nSPS) is 13.3. The lowest BCUT2D eigenvalue weighted by Crippen LogP contribution is -2.07. The van der Waals surface area contributed by atoms with Gasteiger partial charge in [-0.3, -0.25) is 0 Å². The molecule has 0 aliphatic heterocycles. The number of rotatable bonds is 3. The largest absolute Gasteiger partial charge is 0.371 e. The van der Waals surface area contributed by atoms with Gasteiger partial charge in [-0.25, -0.2) is 4.39 Å². The minimum absolute atomic E-state index is 0.0283. The number of hydrogen-bond acceptors (Lipinski definition) is 1. The maximum atomic E-state index is 12.6. The summed E-state index contributed by atoms with van der Waals surface area (Å²) in [7, 11) is 0. The molecule has 1 aromatic rings. The van der Waals surface area contributed by atoms with Crippen molar-refractivity contribution in [1.82, 2.24) is 0 Å². The molecule has 1 nitrogen and oxygen atoms in total. The molecule has 0 saturated carbocycles. The molecule has 13 heavy (non-hydrogen) atoms. The summed E-state index contributed by atoms with van der Waals surface area (Å²) in [6.07, 6.45) is 0.223. The van der Waals surface area contributed by atoms with E-state index in [9.17, 15) is 4.39 Å². The van der Waals surface area contributed by atoms with E-state index in [0.29, 0.717) is 0 Å². The van der Waals surface area contributed by atoms with E-state index in [4.69, 9.17) is 4.74 Å². The number of halogens is 1. The molecule has 0 N–H and O–H groups in total. The van der Waals surface area contributed by atoms with Crippen LogP contribution in [-0.2, 0) is 4.74 Å². The van der Waals surface area contributed by atoms with Gasteiger partial charge in [-0.2, -0.15) is 0 Å². The summed E-state index contributed by atoms with van der Waals surface area (Å²) in [6.45, 7) is 5.94. The molecule has 0 bridgehead atoms. The quantitative estimate of drug-likeness (QED) is 0.696. The Bertz CT molecular complexity index is 253. The number of hydrogen-bond donors (Lipinski definition) is 0. The first-order valence-electron chi connectivity index (χ1n) is 4.50. The predicted octanol–water partition coefficient (Wildman–Crippen LogP) is 3.31. The molecule has 0 spiro atoms. The highest BCUT2D eigenvalue weighted by Crippen LogP contribution is 2.18. The Hall–Kier alpha value is -0.890. The van der Waals surface area contributed by atoms with Crippen LogP contribution in [0.3, 0.4) is 0 Å². The maximum absolute atomic E-state index is 12.6. The molecular formula is C11H15FO. The van der Waals surface area contributed by atoms with Crippen molar-refractivity contribution < 1.29 is 9.13 Å². The van der Waals surface area contributed by atoms with E-state index >= 15 is 0 Å². The molecule has 2 heteroatoms. The topological polar surface area (TPSA) is 9.23 Å². The first-order valence-corrected chi connectivity index (χ1v) is 4.50. The molecule has 0 fully saturated rings. The maximum Gasteiger partial charge on any atom is 0.123 e. The molecule has 0 radical (unpaired) electrons. The summed E-state index contributed by atoms with van der Waals surface area (Å²) in [5.41, 5.74) is 1.01. The van der Waals surface area contributed by atoms with Crippen LogP contribution in [0.15, 0.2) is 24.3 Å². The van der Waals surface area contributed by atoms with Gasteiger partial charge in [0.15, 0.2) is 0 Å². The van der Waals surface area contributed by atoms with Gasteiger partial charge in [0.05, 0.1) is 12.2 Å². The van der Waals surface area contributed by atoms with Gasteiger partial charge in [0.2, 0.25) is 0 Å². The van der Waals surface area contributed by atoms with Gasteiger partial charge >= 0.3 is 0 Å². The van der Waals surface area contributed by atoms with Gasteiger partial charge in [0.1, 0.15) is 5.82 Å². The third kappa shape index (κ3) is 3.15. The molecule has 0 aliphatic carbocycles. The second-order valence-corrected chi connectivity index (χ2v) is 3.38. The van der Waals surface area contributed by atoms with Gasteiger partial charge in [0.25, 0.3) is 0 Å². The fourth-order valence-electron chi connectivity index (χ4n) is 1.22. The highest BCUT2D eigenvalue weighted by molar-refractivity contribution is 5.18. The lowest BCUT2D eigenvalue weighted by molar-refractivity contribution is 0.0178. The van der Waals surface area contributed by atoms with Crippen LogP contribution < -0.4 is 0 Å². The Balaban J connectivity index is 2.66. The monoisotopic (exact) mass is 182 g/mol. The lowest BCUT2D eigenvalue weighted by atomic mass is 10.1. The molecule has 0 aliphatic rings. The minimum atomic E-state index is -0.208. The SMILES string of the molecule is CC(C)OC(C)c1ccc(F)cc1. The molecule has 1 aromatic carbocycles. The van der Waals surface area contributed by atoms with Crippen molar-refractivity contribution in [3.05, 3.63) is 35.6 Å². The van der Waals surface area contributed by atoms with E-state index in [2.05, 4.69) is 0 Å². The van der Waals surface area contributed by atoms with Crippen LogP contribution >= 0.6 is 0 Å². The Morgan fingerprint density at radius 3 is 2.08 bits per heavy atom. The van der Waals surface area contributed by atoms with Gasteiger partial charge in [-0.1, -0.05) is 12.1 Å². The predicted molar refractivity (Wildman–Crippen MR) is 51.0 cm³/mol. The van der Waals surface area contributed by atoms with Gasteiger partial charge in [0, 0.05) is 0 Å². The molecule has 1 rings (SSSR count). The van der Waals surface area contributed by atoms with E-state index in [1.807, 2.05) is 20.8 Å². The third-order valence-corrected chi connectivity index (χ3v) is 1.82. The molecule has 0 saturated heterocycles. The molecule has 1 atom stereocenters. The van der Waals surface area contributed by atoms with Crippen LogP contribution in [0, 0.1) is 5.82 Å². The Morgan fingerprint density at radius 2 is 1.62 bits per heavy atom. The van der Waals surface area contributed by atoms with E-state index in [1.54, 1.807) is 12.1 Å². The molecule has 0 aromatic heterocycles. The fourth-order valence-corrected chi connectivity index (χ4v) is 1.22. The second kappa shape index (κ2) is 4.38. The molecule has 72 valence electrons. The van der Waals surface area contributed by atoms with Gasteiger partial charge in [-0.15, -0.1) is 0 Å². The Labute approximate surface area is 78.5 Å². The van der Waals surface area contributed by atoms with Crippen molar-refractivity contribution in [2.75, 3.05) is 0 Å². The lowest BCUT2D eigenvalue weighted by Gasteiger charge is -2.16. The van der Waals surface area contributed by atoms with Crippen LogP contribution in [0.5, 0.6) is 0 Å². The standard InChI is InChI=1S/C11H15FO/c1-8(2)13-9(3)10-4-6-11(12)7-5-10/h4-9H,1-3H3. The smallest absolute Gasteiger partial charge is 0.123 e. The summed E-state index contributed by atoms with van der Waals surface area (Å²) in [5.74, 6) is -0.208. The van der Waals surface area contributed by atoms with Crippen molar-refractivity contribution >= 4 is 0 Å². The summed E-state index contributed by atoms with van der Waals surface area (Å²) in [4.78, 5) is 0. The molecule has 0 heterocycles. The van der Waals surface area contributed by atoms with Crippen molar-refractivity contribution in [1.29, 1.82) is 0 Å². The highest BCUT2D eigenvalue weighted by atomic mass is 19.1. The average Bonchev–Trinajstić information content (AvgIpc) is 2.04. The summed E-state index contributed by atoms with van der Waals surface area (Å²) < 4.78 is 18.1. The van der Waals surface area contributed by atoms with Crippen molar-refractivity contribution in [2.24, 2.45) is 0 Å². The Kier molecular flexibility index (Phi) is 3.43. The highest BCUT2D eigenvalue weighted by Gasteiger charge is 2.06. The van der Waals surface area contributed by atoms with Gasteiger partial charge in [-0.05, 0) is 38.5 Å². The first kappa shape index (κ1) is 10.2. The van der Waals surface area contributed by atoms with Crippen LogP contribution in [0.2, 0.25) is 0 Å². The van der Waals surface area contributed by atoms with Gasteiger partial charge < -0.3 is 4.74 Å². The van der Waals surface area contributed by atoms with Crippen LogP contribution in [0.4, 0.5) is 4.39 Å². The van der Waals surface area contributed by atoms with Crippen LogP contribution in [-0.4, -0.2) is 6.10 Å². The zero-order valence-corrected chi connectivity index (χ0v) is 8.25. The van der Waals surface area contributed by atoms with E-state index in [0.717, 1.165) is 5.56 Å². The number of ether oxygens (including phenoxy) is 1. The van der Waals surface area contributed by atoms with E-state index in [-0.39, 0.29) is 18.0 Å². The molecule has 1 unspecified atom stereocenters. The third-order valence-electron chi connectivity index (χ3n) is 1.82. The van der Waals surface area contributed by atoms with Crippen molar-refractivity contribution in [2.45, 2.75) is 33.0 Å². The van der Waals surface area contributed by atoms with Crippen LogP contribution in [0.1, 0.15) is 32.4 Å². The Morgan fingerprint density at radius 1 is 1.08 bits per heavy atom. The number of benzene rings is 1. The summed E-state index contributed by atoms with van der Waals surface area (Å²) >= 11 is 0. The van der Waals surface area contributed by atoms with Crippen molar-refractivity contribution in [3.63, 3.8) is 0 Å². The molecular weight excluding hydrogens is 167 g/mol. The van der Waals surface area contributed by atoms with E-state index < -0.39 is 0 Å². The van der Waals surface area contributed by atoms with E-state index in [1.165, 1.54) is 12.1 Å². The van der Waals surface area contributed by atoms with Crippen molar-refractivity contribution in [3.8, 4) is 0 Å². The zero-order valence-electron chi connectivity index (χ0n) is 8.25. The minimum Gasteiger partial charge on any atom is -0.371 e. The first-order chi connectivity index (χ1) is 6.09. The summed E-state index contributed by atoms with van der Waals surface area (Å²) in [6, 6.07) is 6.41. The zero-order chi connectivity index (χ0) is 9.84.